The molecule has 2 amide bonds. The lowest BCUT2D eigenvalue weighted by atomic mass is 9.95. The molecule has 3 aromatic rings. The molecule has 2 N–H and O–H groups in total. The lowest BCUT2D eigenvalue weighted by molar-refractivity contribution is -0.117. The molecule has 0 saturated carbocycles. The molecule has 0 fully saturated rings. The van der Waals surface area contributed by atoms with Crippen molar-refractivity contribution in [2.75, 3.05) is 10.6 Å². The van der Waals surface area contributed by atoms with Gasteiger partial charge in [-0.05, 0) is 48.4 Å². The summed E-state index contributed by atoms with van der Waals surface area (Å²) in [5, 5.41) is 5.53. The van der Waals surface area contributed by atoms with E-state index in [1.807, 2.05) is 37.3 Å². The number of carbonyl (C=O) groups is 2. The second-order valence-corrected chi connectivity index (χ2v) is 6.41. The van der Waals surface area contributed by atoms with Crippen LogP contribution in [0.15, 0.2) is 78.9 Å². The van der Waals surface area contributed by atoms with E-state index in [-0.39, 0.29) is 17.7 Å². The zero-order valence-corrected chi connectivity index (χ0v) is 15.5. The average molecular weight is 376 g/mol. The molecule has 0 radical (unpaired) electrons. The summed E-state index contributed by atoms with van der Waals surface area (Å²) in [6.07, 6.45) is 0.662. The van der Waals surface area contributed by atoms with E-state index < -0.39 is 5.82 Å². The number of halogens is 1. The Kier molecular flexibility index (Phi) is 6.17. The van der Waals surface area contributed by atoms with E-state index in [2.05, 4.69) is 10.6 Å². The molecule has 0 heterocycles. The van der Waals surface area contributed by atoms with E-state index in [0.717, 1.165) is 5.56 Å². The Balaban J connectivity index is 1.72. The Morgan fingerprint density at radius 1 is 0.857 bits per heavy atom. The zero-order chi connectivity index (χ0) is 19.9. The van der Waals surface area contributed by atoms with Gasteiger partial charge < -0.3 is 10.6 Å². The highest BCUT2D eigenvalue weighted by Crippen LogP contribution is 2.22. The number of hydrogen-bond donors (Lipinski definition) is 2. The first-order valence-corrected chi connectivity index (χ1v) is 9.09. The van der Waals surface area contributed by atoms with Crippen LogP contribution in [0.1, 0.15) is 35.2 Å². The summed E-state index contributed by atoms with van der Waals surface area (Å²) >= 11 is 0. The minimum atomic E-state index is -0.426. The van der Waals surface area contributed by atoms with Crippen LogP contribution in [0.4, 0.5) is 15.8 Å². The number of rotatable bonds is 6. The van der Waals surface area contributed by atoms with Crippen LogP contribution in [0.5, 0.6) is 0 Å². The van der Waals surface area contributed by atoms with Crippen molar-refractivity contribution in [2.45, 2.75) is 19.3 Å². The van der Waals surface area contributed by atoms with Crippen LogP contribution in [0.25, 0.3) is 0 Å². The van der Waals surface area contributed by atoms with Crippen molar-refractivity contribution >= 4 is 23.2 Å². The highest BCUT2D eigenvalue weighted by atomic mass is 19.1. The lowest BCUT2D eigenvalue weighted by Gasteiger charge is -2.16. The topological polar surface area (TPSA) is 58.2 Å². The normalized spacial score (nSPS) is 11.5. The second-order valence-electron chi connectivity index (χ2n) is 6.41. The molecule has 1 atom stereocenters. The van der Waals surface area contributed by atoms with Gasteiger partial charge in [0.1, 0.15) is 5.82 Å². The van der Waals surface area contributed by atoms with Gasteiger partial charge in [0.2, 0.25) is 5.91 Å². The van der Waals surface area contributed by atoms with Crippen molar-refractivity contribution in [1.82, 2.24) is 0 Å². The smallest absolute Gasteiger partial charge is 0.255 e. The molecule has 4 nitrogen and oxygen atoms in total. The van der Waals surface area contributed by atoms with Crippen LogP contribution in [-0.4, -0.2) is 11.8 Å². The van der Waals surface area contributed by atoms with Gasteiger partial charge in [0, 0.05) is 16.9 Å². The largest absolute Gasteiger partial charge is 0.326 e. The van der Waals surface area contributed by atoms with Crippen molar-refractivity contribution < 1.29 is 14.0 Å². The number of benzene rings is 3. The van der Waals surface area contributed by atoms with Crippen molar-refractivity contribution in [3.63, 3.8) is 0 Å². The summed E-state index contributed by atoms with van der Waals surface area (Å²) in [4.78, 5) is 25.1. The summed E-state index contributed by atoms with van der Waals surface area (Å²) < 4.78 is 13.3. The molecule has 3 rings (SSSR count). The second kappa shape index (κ2) is 8.95. The molecule has 0 aliphatic heterocycles. The summed E-state index contributed by atoms with van der Waals surface area (Å²) in [6.45, 7) is 1.96. The van der Waals surface area contributed by atoms with Crippen LogP contribution in [0.2, 0.25) is 0 Å². The first-order chi connectivity index (χ1) is 13.6. The van der Waals surface area contributed by atoms with Gasteiger partial charge in [-0.25, -0.2) is 4.39 Å². The number of carbonyl (C=O) groups excluding carboxylic acids is 2. The monoisotopic (exact) mass is 376 g/mol. The molecule has 0 spiro atoms. The third-order valence-electron chi connectivity index (χ3n) is 4.40. The van der Waals surface area contributed by atoms with Crippen molar-refractivity contribution in [1.29, 1.82) is 0 Å². The molecule has 142 valence electrons. The van der Waals surface area contributed by atoms with Gasteiger partial charge in [-0.15, -0.1) is 0 Å². The predicted molar refractivity (Wildman–Crippen MR) is 109 cm³/mol. The first-order valence-electron chi connectivity index (χ1n) is 9.09. The molecule has 0 aliphatic carbocycles. The predicted octanol–water partition coefficient (Wildman–Crippen LogP) is 5.21. The van der Waals surface area contributed by atoms with Crippen molar-refractivity contribution in [2.24, 2.45) is 0 Å². The summed E-state index contributed by atoms with van der Waals surface area (Å²) in [6, 6.07) is 21.9. The fourth-order valence-corrected chi connectivity index (χ4v) is 2.99. The van der Waals surface area contributed by atoms with Crippen LogP contribution in [-0.2, 0) is 4.79 Å². The Hall–Kier alpha value is -3.47. The zero-order valence-electron chi connectivity index (χ0n) is 15.5. The number of anilines is 2. The van der Waals surface area contributed by atoms with Crippen LogP contribution >= 0.6 is 0 Å². The Labute approximate surface area is 163 Å². The minimum Gasteiger partial charge on any atom is -0.326 e. The molecular weight excluding hydrogens is 355 g/mol. The highest BCUT2D eigenvalue weighted by molar-refractivity contribution is 6.05. The van der Waals surface area contributed by atoms with E-state index in [1.165, 1.54) is 18.2 Å². The van der Waals surface area contributed by atoms with E-state index in [1.54, 1.807) is 30.3 Å². The third-order valence-corrected chi connectivity index (χ3v) is 4.40. The Morgan fingerprint density at radius 3 is 2.21 bits per heavy atom. The van der Waals surface area contributed by atoms with Gasteiger partial charge in [-0.2, -0.15) is 0 Å². The Morgan fingerprint density at radius 2 is 1.54 bits per heavy atom. The van der Waals surface area contributed by atoms with Crippen molar-refractivity contribution in [3.05, 3.63) is 95.8 Å². The Bertz CT molecular complexity index is 973. The molecule has 3 aromatic carbocycles. The standard InChI is InChI=1S/C23H21FN2O2/c1-2-21(16-8-4-3-5-9-16)23(28)26-19-12-6-10-17(14-19)22(27)25-20-13-7-11-18(24)15-20/h3-15,21H,2H2,1H3,(H,25,27)(H,26,28). The van der Waals surface area contributed by atoms with Gasteiger partial charge in [0.25, 0.3) is 5.91 Å². The number of nitrogens with one attached hydrogen (secondary N) is 2. The maximum Gasteiger partial charge on any atom is 0.255 e. The lowest BCUT2D eigenvalue weighted by Crippen LogP contribution is -2.21. The average Bonchev–Trinajstić information content (AvgIpc) is 2.69. The maximum atomic E-state index is 13.3. The summed E-state index contributed by atoms with van der Waals surface area (Å²) in [5.41, 5.74) is 2.22. The molecule has 0 aromatic heterocycles. The number of hydrogen-bond acceptors (Lipinski definition) is 2. The van der Waals surface area contributed by atoms with Gasteiger partial charge in [0.05, 0.1) is 5.92 Å². The molecular formula is C23H21FN2O2. The quantitative estimate of drug-likeness (QED) is 0.620. The van der Waals surface area contributed by atoms with Crippen LogP contribution in [0, 0.1) is 5.82 Å². The third kappa shape index (κ3) is 4.82. The van der Waals surface area contributed by atoms with E-state index >= 15 is 0 Å². The molecule has 0 aliphatic rings. The van der Waals surface area contributed by atoms with Gasteiger partial charge in [-0.1, -0.05) is 49.4 Å². The fourth-order valence-electron chi connectivity index (χ4n) is 2.99. The number of amides is 2. The van der Waals surface area contributed by atoms with Crippen molar-refractivity contribution in [3.8, 4) is 0 Å². The fraction of sp³-hybridized carbons (Fsp3) is 0.130. The maximum absolute atomic E-state index is 13.3. The van der Waals surface area contributed by atoms with Gasteiger partial charge >= 0.3 is 0 Å². The molecule has 0 bridgehead atoms. The molecule has 5 heteroatoms. The van der Waals surface area contributed by atoms with E-state index in [4.69, 9.17) is 0 Å². The van der Waals surface area contributed by atoms with Crippen LogP contribution < -0.4 is 10.6 Å². The van der Waals surface area contributed by atoms with Crippen LogP contribution in [0.3, 0.4) is 0 Å². The minimum absolute atomic E-state index is 0.128. The summed E-state index contributed by atoms with van der Waals surface area (Å²) in [7, 11) is 0. The van der Waals surface area contributed by atoms with Gasteiger partial charge in [-0.3, -0.25) is 9.59 Å². The molecule has 1 unspecified atom stereocenters. The first kappa shape index (κ1) is 19.3. The molecule has 0 saturated heterocycles. The summed E-state index contributed by atoms with van der Waals surface area (Å²) in [5.74, 6) is -1.20. The van der Waals surface area contributed by atoms with E-state index in [9.17, 15) is 14.0 Å². The SMILES string of the molecule is CCC(C(=O)Nc1cccc(C(=O)Nc2cccc(F)c2)c1)c1ccccc1. The molecule has 28 heavy (non-hydrogen) atoms. The van der Waals surface area contributed by atoms with Gasteiger partial charge in [0.15, 0.2) is 0 Å². The highest BCUT2D eigenvalue weighted by Gasteiger charge is 2.19. The van der Waals surface area contributed by atoms with E-state index in [0.29, 0.717) is 23.4 Å².